The molecule has 36 heavy (non-hydrogen) atoms. The Kier molecular flexibility index (Phi) is 8.40. The molecule has 9 nitrogen and oxygen atoms in total. The van der Waals surface area contributed by atoms with Gasteiger partial charge >= 0.3 is 11.4 Å². The topological polar surface area (TPSA) is 90.6 Å². The number of nitrogens with zero attached hydrogens (tertiary/aromatic N) is 4. The van der Waals surface area contributed by atoms with Crippen LogP contribution in [0, 0.1) is 5.82 Å². The molecule has 1 aromatic heterocycles. The van der Waals surface area contributed by atoms with Gasteiger partial charge in [-0.1, -0.05) is 23.7 Å². The van der Waals surface area contributed by atoms with Crippen LogP contribution in [0.2, 0.25) is 5.02 Å². The van der Waals surface area contributed by atoms with Crippen LogP contribution in [-0.2, 0) is 17.8 Å². The molecule has 1 aliphatic heterocycles. The summed E-state index contributed by atoms with van der Waals surface area (Å²) >= 11 is 6.01. The quantitative estimate of drug-likeness (QED) is 0.466. The molecule has 1 fully saturated rings. The number of rotatable bonds is 9. The summed E-state index contributed by atoms with van der Waals surface area (Å²) in [7, 11) is 0. The standard InChI is InChI=1S/C25H29ClFN5O4/c1-17(2)36-22-8-7-20(15-21(22)27)28-23-29-24(33)31(10-9-30-11-13-35-14-12-30)25(34)32(23)16-18-3-5-19(26)6-4-18/h3-8,15,17H,9-14,16H2,1-2H3,(H,28,29,33). The Labute approximate surface area is 213 Å². The van der Waals surface area contributed by atoms with E-state index in [0.29, 0.717) is 30.5 Å². The molecule has 11 heteroatoms. The summed E-state index contributed by atoms with van der Waals surface area (Å²) in [6, 6.07) is 11.4. The van der Waals surface area contributed by atoms with E-state index in [1.165, 1.54) is 16.7 Å². The molecule has 0 bridgehead atoms. The number of benzene rings is 2. The van der Waals surface area contributed by atoms with E-state index in [0.717, 1.165) is 23.2 Å². The lowest BCUT2D eigenvalue weighted by Crippen LogP contribution is -2.46. The van der Waals surface area contributed by atoms with Gasteiger partial charge in [-0.25, -0.2) is 18.5 Å². The van der Waals surface area contributed by atoms with Crippen LogP contribution in [0.3, 0.4) is 0 Å². The van der Waals surface area contributed by atoms with E-state index in [1.54, 1.807) is 44.2 Å². The molecule has 0 amide bonds. The van der Waals surface area contributed by atoms with E-state index in [2.05, 4.69) is 15.2 Å². The fourth-order valence-corrected chi connectivity index (χ4v) is 3.98. The Morgan fingerprint density at radius 3 is 2.47 bits per heavy atom. The zero-order chi connectivity index (χ0) is 25.7. The Morgan fingerprint density at radius 1 is 1.08 bits per heavy atom. The highest BCUT2D eigenvalue weighted by molar-refractivity contribution is 6.30. The minimum atomic E-state index is -0.677. The summed E-state index contributed by atoms with van der Waals surface area (Å²) in [5, 5.41) is 3.50. The van der Waals surface area contributed by atoms with E-state index in [1.807, 2.05) is 0 Å². The molecule has 1 aliphatic rings. The molecular weight excluding hydrogens is 489 g/mol. The van der Waals surface area contributed by atoms with Crippen molar-refractivity contribution in [2.75, 3.05) is 38.2 Å². The van der Waals surface area contributed by atoms with Crippen LogP contribution in [-0.4, -0.2) is 58.0 Å². The van der Waals surface area contributed by atoms with Gasteiger partial charge in [0, 0.05) is 43.0 Å². The molecule has 1 N–H and O–H groups in total. The van der Waals surface area contributed by atoms with Crippen LogP contribution in [0.1, 0.15) is 19.4 Å². The third kappa shape index (κ3) is 6.51. The Hall–Kier alpha value is -3.21. The second-order valence-corrected chi connectivity index (χ2v) is 9.19. The third-order valence-electron chi connectivity index (χ3n) is 5.70. The van der Waals surface area contributed by atoms with Crippen LogP contribution >= 0.6 is 11.6 Å². The van der Waals surface area contributed by atoms with Gasteiger partial charge in [0.05, 0.1) is 25.9 Å². The van der Waals surface area contributed by atoms with Gasteiger partial charge in [0.25, 0.3) is 0 Å². The largest absolute Gasteiger partial charge is 0.488 e. The monoisotopic (exact) mass is 517 g/mol. The Balaban J connectivity index is 1.66. The summed E-state index contributed by atoms with van der Waals surface area (Å²) in [4.78, 5) is 32.6. The van der Waals surface area contributed by atoms with Crippen molar-refractivity contribution >= 4 is 23.2 Å². The van der Waals surface area contributed by atoms with Gasteiger partial charge in [-0.05, 0) is 43.7 Å². The minimum absolute atomic E-state index is 0.0134. The van der Waals surface area contributed by atoms with Crippen LogP contribution in [0.15, 0.2) is 52.1 Å². The average Bonchev–Trinajstić information content (AvgIpc) is 2.85. The number of nitrogens with one attached hydrogen (secondary N) is 1. The van der Waals surface area contributed by atoms with E-state index in [4.69, 9.17) is 21.1 Å². The van der Waals surface area contributed by atoms with Crippen LogP contribution in [0.4, 0.5) is 16.0 Å². The maximum Gasteiger partial charge on any atom is 0.354 e. The second kappa shape index (κ2) is 11.7. The summed E-state index contributed by atoms with van der Waals surface area (Å²) < 4.78 is 27.8. The van der Waals surface area contributed by atoms with Gasteiger partial charge in [-0.2, -0.15) is 4.98 Å². The fraction of sp³-hybridized carbons (Fsp3) is 0.400. The average molecular weight is 518 g/mol. The third-order valence-corrected chi connectivity index (χ3v) is 5.95. The van der Waals surface area contributed by atoms with Crippen molar-refractivity contribution in [3.05, 3.63) is 79.8 Å². The predicted octanol–water partition coefficient (Wildman–Crippen LogP) is 3.11. The number of hydrogen-bond donors (Lipinski definition) is 1. The van der Waals surface area contributed by atoms with Gasteiger partial charge < -0.3 is 14.8 Å². The maximum absolute atomic E-state index is 14.6. The van der Waals surface area contributed by atoms with Crippen LogP contribution in [0.5, 0.6) is 5.75 Å². The van der Waals surface area contributed by atoms with Crippen molar-refractivity contribution in [1.29, 1.82) is 0 Å². The molecule has 2 aromatic carbocycles. The van der Waals surface area contributed by atoms with Gasteiger partial charge in [0.2, 0.25) is 5.95 Å². The van der Waals surface area contributed by atoms with Gasteiger partial charge in [-0.3, -0.25) is 9.47 Å². The van der Waals surface area contributed by atoms with E-state index in [-0.39, 0.29) is 30.9 Å². The first-order valence-electron chi connectivity index (χ1n) is 11.8. The Bertz CT molecular complexity index is 1300. The van der Waals surface area contributed by atoms with E-state index in [9.17, 15) is 14.0 Å². The molecule has 192 valence electrons. The summed E-state index contributed by atoms with van der Waals surface area (Å²) in [5.74, 6) is -0.445. The molecule has 0 spiro atoms. The van der Waals surface area contributed by atoms with Crippen molar-refractivity contribution in [3.8, 4) is 5.75 Å². The summed E-state index contributed by atoms with van der Waals surface area (Å²) in [5.41, 5.74) is -0.0771. The highest BCUT2D eigenvalue weighted by atomic mass is 35.5. The van der Waals surface area contributed by atoms with E-state index < -0.39 is 17.2 Å². The highest BCUT2D eigenvalue weighted by Gasteiger charge is 2.17. The lowest BCUT2D eigenvalue weighted by molar-refractivity contribution is 0.0360. The fourth-order valence-electron chi connectivity index (χ4n) is 3.85. The number of hydrogen-bond acceptors (Lipinski definition) is 7. The van der Waals surface area contributed by atoms with Crippen molar-refractivity contribution in [3.63, 3.8) is 0 Å². The lowest BCUT2D eigenvalue weighted by atomic mass is 10.2. The molecule has 1 saturated heterocycles. The summed E-state index contributed by atoms with van der Waals surface area (Å²) in [6.07, 6.45) is -0.186. The van der Waals surface area contributed by atoms with Gasteiger partial charge in [-0.15, -0.1) is 0 Å². The van der Waals surface area contributed by atoms with Crippen molar-refractivity contribution in [2.45, 2.75) is 33.0 Å². The molecule has 0 radical (unpaired) electrons. The number of anilines is 2. The lowest BCUT2D eigenvalue weighted by Gasteiger charge is -2.26. The molecule has 2 heterocycles. The minimum Gasteiger partial charge on any atom is -0.488 e. The molecule has 0 aliphatic carbocycles. The van der Waals surface area contributed by atoms with Gasteiger partial charge in [0.1, 0.15) is 0 Å². The maximum atomic E-state index is 14.6. The Morgan fingerprint density at radius 2 is 1.81 bits per heavy atom. The smallest absolute Gasteiger partial charge is 0.354 e. The zero-order valence-corrected chi connectivity index (χ0v) is 21.0. The van der Waals surface area contributed by atoms with Crippen molar-refractivity contribution in [2.24, 2.45) is 0 Å². The number of halogens is 2. The molecule has 0 saturated carbocycles. The first-order chi connectivity index (χ1) is 17.3. The first kappa shape index (κ1) is 25.9. The van der Waals surface area contributed by atoms with Crippen molar-refractivity contribution in [1.82, 2.24) is 19.0 Å². The van der Waals surface area contributed by atoms with Crippen LogP contribution in [0.25, 0.3) is 0 Å². The number of morpholine rings is 1. The molecule has 0 atom stereocenters. The molecule has 3 aromatic rings. The number of aromatic nitrogens is 3. The second-order valence-electron chi connectivity index (χ2n) is 8.76. The van der Waals surface area contributed by atoms with Crippen molar-refractivity contribution < 1.29 is 13.9 Å². The number of ether oxygens (including phenoxy) is 2. The molecule has 4 rings (SSSR count). The molecular formula is C25H29ClFN5O4. The van der Waals surface area contributed by atoms with E-state index >= 15 is 0 Å². The molecule has 0 unspecified atom stereocenters. The van der Waals surface area contributed by atoms with Gasteiger partial charge in [0.15, 0.2) is 11.6 Å². The first-order valence-corrected chi connectivity index (χ1v) is 12.2. The zero-order valence-electron chi connectivity index (χ0n) is 20.2. The van der Waals surface area contributed by atoms with Crippen LogP contribution < -0.4 is 21.4 Å². The normalized spacial score (nSPS) is 14.2. The highest BCUT2D eigenvalue weighted by Crippen LogP contribution is 2.24. The summed E-state index contributed by atoms with van der Waals surface area (Å²) in [6.45, 7) is 7.19. The predicted molar refractivity (Wildman–Crippen MR) is 136 cm³/mol. The SMILES string of the molecule is CC(C)Oc1ccc(Nc2nc(=O)n(CCN3CCOCC3)c(=O)n2Cc2ccc(Cl)cc2)cc1F.